The third kappa shape index (κ3) is 11.2. The Morgan fingerprint density at radius 2 is 1.50 bits per heavy atom. The fourth-order valence-electron chi connectivity index (χ4n) is 1.36. The second-order valence-electron chi connectivity index (χ2n) is 4.06. The van der Waals surface area contributed by atoms with Crippen LogP contribution < -0.4 is 0 Å². The first-order valence-electron chi connectivity index (χ1n) is 6.79. The van der Waals surface area contributed by atoms with Gasteiger partial charge < -0.3 is 0 Å². The predicted octanol–water partition coefficient (Wildman–Crippen LogP) is 3.90. The summed E-state index contributed by atoms with van der Waals surface area (Å²) < 4.78 is 14.3. The molecule has 0 saturated heterocycles. The van der Waals surface area contributed by atoms with Gasteiger partial charge in [0.1, 0.15) is 0 Å². The zero-order chi connectivity index (χ0) is 12.1. The van der Waals surface area contributed by atoms with Crippen molar-refractivity contribution in [3.05, 3.63) is 0 Å². The molecule has 0 bridgehead atoms. The standard InChI is InChI=1S/C9H19O2.C4H9.Sn/c1-4-7-10-9(6-3)11-8-5-2;1-3-4-2;/h9H,3-8H2,1-2H3;1,3-4H2,2H3;. The molecule has 0 N–H and O–H groups in total. The van der Waals surface area contributed by atoms with Crippen LogP contribution in [0.2, 0.25) is 8.87 Å². The molecule has 16 heavy (non-hydrogen) atoms. The molecule has 2 radical (unpaired) electrons. The summed E-state index contributed by atoms with van der Waals surface area (Å²) in [5.41, 5.74) is 0. The summed E-state index contributed by atoms with van der Waals surface area (Å²) in [7, 11) is 0. The monoisotopic (exact) mass is 336 g/mol. The van der Waals surface area contributed by atoms with Crippen molar-refractivity contribution in [2.24, 2.45) is 0 Å². The molecule has 2 nitrogen and oxygen atoms in total. The van der Waals surface area contributed by atoms with E-state index in [2.05, 4.69) is 20.8 Å². The number of ether oxygens (including phenoxy) is 2. The Labute approximate surface area is 112 Å². The number of unbranched alkanes of at least 4 members (excludes halogenated alkanes) is 1. The number of rotatable bonds is 12. The SMILES string of the molecule is CCC[CH2][Sn][CH2]CC(OCCC)OCCC. The van der Waals surface area contributed by atoms with Gasteiger partial charge in [0.05, 0.1) is 0 Å². The van der Waals surface area contributed by atoms with Gasteiger partial charge in [-0.15, -0.1) is 0 Å². The van der Waals surface area contributed by atoms with Crippen LogP contribution in [0.5, 0.6) is 0 Å². The Hall–Kier alpha value is 0.719. The van der Waals surface area contributed by atoms with Crippen LogP contribution in [0.1, 0.15) is 52.9 Å². The molecule has 0 aliphatic carbocycles. The van der Waals surface area contributed by atoms with Crippen LogP contribution >= 0.6 is 0 Å². The van der Waals surface area contributed by atoms with Crippen LogP contribution in [0.4, 0.5) is 0 Å². The van der Waals surface area contributed by atoms with E-state index < -0.39 is 0 Å². The van der Waals surface area contributed by atoms with Gasteiger partial charge in [0, 0.05) is 0 Å². The quantitative estimate of drug-likeness (QED) is 0.306. The topological polar surface area (TPSA) is 18.5 Å². The molecule has 0 fully saturated rings. The van der Waals surface area contributed by atoms with E-state index in [1.807, 2.05) is 0 Å². The summed E-state index contributed by atoms with van der Waals surface area (Å²) in [6.45, 7) is 8.25. The zero-order valence-electron chi connectivity index (χ0n) is 11.3. The predicted molar refractivity (Wildman–Crippen MR) is 71.2 cm³/mol. The molecule has 0 rings (SSSR count). The molecule has 96 valence electrons. The molecule has 0 aromatic heterocycles. The van der Waals surface area contributed by atoms with Gasteiger partial charge in [-0.1, -0.05) is 0 Å². The molecule has 0 aliphatic rings. The molecule has 0 amide bonds. The van der Waals surface area contributed by atoms with Crippen LogP contribution in [-0.4, -0.2) is 40.6 Å². The third-order valence-electron chi connectivity index (χ3n) is 2.28. The van der Waals surface area contributed by atoms with E-state index in [0.717, 1.165) is 32.5 Å². The summed E-state index contributed by atoms with van der Waals surface area (Å²) in [4.78, 5) is 0. The van der Waals surface area contributed by atoms with Crippen molar-refractivity contribution >= 4 is 21.1 Å². The van der Waals surface area contributed by atoms with Crippen molar-refractivity contribution in [3.8, 4) is 0 Å². The molecule has 0 aromatic carbocycles. The van der Waals surface area contributed by atoms with E-state index >= 15 is 0 Å². The average Bonchev–Trinajstić information content (AvgIpc) is 2.31. The first kappa shape index (κ1) is 16.7. The Balaban J connectivity index is 3.48. The summed E-state index contributed by atoms with van der Waals surface area (Å²) in [5, 5.41) is 0. The van der Waals surface area contributed by atoms with Gasteiger partial charge in [-0.2, -0.15) is 0 Å². The van der Waals surface area contributed by atoms with Gasteiger partial charge in [-0.25, -0.2) is 0 Å². The van der Waals surface area contributed by atoms with Gasteiger partial charge in [-0.3, -0.25) is 0 Å². The van der Waals surface area contributed by atoms with Gasteiger partial charge >= 0.3 is 112 Å². The average molecular weight is 335 g/mol. The van der Waals surface area contributed by atoms with E-state index in [-0.39, 0.29) is 27.4 Å². The Kier molecular flexibility index (Phi) is 14.4. The first-order valence-corrected chi connectivity index (χ1v) is 10.8. The maximum atomic E-state index is 5.70. The van der Waals surface area contributed by atoms with Crippen LogP contribution in [0.25, 0.3) is 0 Å². The minimum atomic E-state index is -0.110. The van der Waals surface area contributed by atoms with Crippen molar-refractivity contribution in [2.75, 3.05) is 13.2 Å². The van der Waals surface area contributed by atoms with Crippen LogP contribution in [0.15, 0.2) is 0 Å². The van der Waals surface area contributed by atoms with Crippen LogP contribution in [0, 0.1) is 0 Å². The summed E-state index contributed by atoms with van der Waals surface area (Å²) in [5.74, 6) is 0. The maximum absolute atomic E-state index is 5.70. The van der Waals surface area contributed by atoms with E-state index in [4.69, 9.17) is 9.47 Å². The molecule has 0 aliphatic heterocycles. The second kappa shape index (κ2) is 13.8. The van der Waals surface area contributed by atoms with Crippen molar-refractivity contribution in [1.82, 2.24) is 0 Å². The van der Waals surface area contributed by atoms with Crippen molar-refractivity contribution in [2.45, 2.75) is 68.0 Å². The molecule has 0 aromatic rings. The molecular weight excluding hydrogens is 307 g/mol. The fourth-order valence-corrected chi connectivity index (χ4v) is 5.05. The molecule has 0 atom stereocenters. The number of hydrogen-bond donors (Lipinski definition) is 0. The van der Waals surface area contributed by atoms with Gasteiger partial charge in [0.15, 0.2) is 0 Å². The van der Waals surface area contributed by atoms with Gasteiger partial charge in [-0.05, 0) is 0 Å². The molecule has 0 heterocycles. The molecule has 3 heteroatoms. The van der Waals surface area contributed by atoms with Crippen molar-refractivity contribution < 1.29 is 9.47 Å². The normalized spacial score (nSPS) is 11.2. The minimum absolute atomic E-state index is 0.0856. The Bertz CT molecular complexity index is 123. The van der Waals surface area contributed by atoms with Crippen LogP contribution in [-0.2, 0) is 9.47 Å². The third-order valence-corrected chi connectivity index (χ3v) is 6.13. The summed E-state index contributed by atoms with van der Waals surface area (Å²) in [6, 6.07) is 0. The van der Waals surface area contributed by atoms with Gasteiger partial charge in [0.2, 0.25) is 0 Å². The molecule has 0 unspecified atom stereocenters. The van der Waals surface area contributed by atoms with E-state index in [9.17, 15) is 0 Å². The molecule has 0 spiro atoms. The fraction of sp³-hybridized carbons (Fsp3) is 1.00. The first-order chi connectivity index (χ1) is 7.85. The van der Waals surface area contributed by atoms with Gasteiger partial charge in [0.25, 0.3) is 0 Å². The summed E-state index contributed by atoms with van der Waals surface area (Å²) >= 11 is -0.110. The molecular formula is C13H28O2Sn. The molecule has 0 saturated carbocycles. The van der Waals surface area contributed by atoms with Crippen molar-refractivity contribution in [3.63, 3.8) is 0 Å². The summed E-state index contributed by atoms with van der Waals surface area (Å²) in [6.07, 6.45) is 6.17. The van der Waals surface area contributed by atoms with E-state index in [1.165, 1.54) is 21.7 Å². The number of hydrogen-bond acceptors (Lipinski definition) is 2. The van der Waals surface area contributed by atoms with E-state index in [0.29, 0.717) is 0 Å². The zero-order valence-corrected chi connectivity index (χ0v) is 14.1. The Morgan fingerprint density at radius 1 is 0.875 bits per heavy atom. The van der Waals surface area contributed by atoms with Crippen molar-refractivity contribution in [1.29, 1.82) is 0 Å². The second-order valence-corrected chi connectivity index (χ2v) is 8.34. The van der Waals surface area contributed by atoms with Crippen LogP contribution in [0.3, 0.4) is 0 Å². The Morgan fingerprint density at radius 3 is 2.00 bits per heavy atom. The van der Waals surface area contributed by atoms with E-state index in [1.54, 1.807) is 0 Å².